The second kappa shape index (κ2) is 9.73. The van der Waals surface area contributed by atoms with Crippen molar-refractivity contribution < 1.29 is 14.6 Å². The summed E-state index contributed by atoms with van der Waals surface area (Å²) in [6.45, 7) is 4.66. The van der Waals surface area contributed by atoms with E-state index in [1.165, 1.54) is 44.9 Å². The van der Waals surface area contributed by atoms with Crippen LogP contribution in [0.3, 0.4) is 0 Å². The number of hydrogen-bond donors (Lipinski definition) is 1. The van der Waals surface area contributed by atoms with Gasteiger partial charge in [0.15, 0.2) is 0 Å². The van der Waals surface area contributed by atoms with Crippen molar-refractivity contribution in [3.63, 3.8) is 0 Å². The molecule has 19 heavy (non-hydrogen) atoms. The minimum absolute atomic E-state index is 0.135. The molecule has 0 aromatic rings. The normalized spacial score (nSPS) is 27.6. The van der Waals surface area contributed by atoms with Gasteiger partial charge in [-0.1, -0.05) is 26.2 Å². The number of unbranched alkanes of at least 4 members (excludes halogenated alkanes) is 1. The Balaban J connectivity index is 2.22. The first-order valence-electron chi connectivity index (χ1n) is 7.94. The molecule has 1 aliphatic rings. The predicted octanol–water partition coefficient (Wildman–Crippen LogP) is 3.40. The number of methoxy groups -OCH3 is 1. The molecule has 0 radical (unpaired) electrons. The largest absolute Gasteiger partial charge is 0.396 e. The van der Waals surface area contributed by atoms with E-state index in [-0.39, 0.29) is 5.41 Å². The molecule has 3 heteroatoms. The molecule has 0 spiro atoms. The van der Waals surface area contributed by atoms with Crippen LogP contribution in [0, 0.1) is 11.3 Å². The molecule has 0 aromatic carbocycles. The molecule has 1 aliphatic carbocycles. The van der Waals surface area contributed by atoms with Gasteiger partial charge in [-0.15, -0.1) is 0 Å². The Morgan fingerprint density at radius 1 is 1.16 bits per heavy atom. The summed E-state index contributed by atoms with van der Waals surface area (Å²) >= 11 is 0. The van der Waals surface area contributed by atoms with Gasteiger partial charge < -0.3 is 14.6 Å². The van der Waals surface area contributed by atoms with Gasteiger partial charge in [-0.3, -0.25) is 0 Å². The van der Waals surface area contributed by atoms with Crippen LogP contribution in [0.15, 0.2) is 0 Å². The van der Waals surface area contributed by atoms with Crippen molar-refractivity contribution in [3.05, 3.63) is 0 Å². The van der Waals surface area contributed by atoms with Gasteiger partial charge in [0.05, 0.1) is 13.2 Å². The Labute approximate surface area is 118 Å². The lowest BCUT2D eigenvalue weighted by atomic mass is 9.68. The second-order valence-corrected chi connectivity index (χ2v) is 6.10. The van der Waals surface area contributed by atoms with Crippen LogP contribution in [-0.2, 0) is 9.47 Å². The van der Waals surface area contributed by atoms with E-state index in [9.17, 15) is 5.11 Å². The predicted molar refractivity (Wildman–Crippen MR) is 78.3 cm³/mol. The average molecular weight is 272 g/mol. The van der Waals surface area contributed by atoms with Crippen LogP contribution in [0.4, 0.5) is 0 Å². The number of aliphatic hydroxyl groups is 1. The third-order valence-corrected chi connectivity index (χ3v) is 4.68. The van der Waals surface area contributed by atoms with Gasteiger partial charge in [-0.05, 0) is 43.4 Å². The summed E-state index contributed by atoms with van der Waals surface area (Å²) < 4.78 is 10.5. The van der Waals surface area contributed by atoms with Gasteiger partial charge >= 0.3 is 0 Å². The van der Waals surface area contributed by atoms with Crippen LogP contribution in [-0.4, -0.2) is 38.6 Å². The van der Waals surface area contributed by atoms with Crippen molar-refractivity contribution >= 4 is 0 Å². The zero-order valence-corrected chi connectivity index (χ0v) is 12.8. The quantitative estimate of drug-likeness (QED) is 0.619. The Bertz CT molecular complexity index is 205. The van der Waals surface area contributed by atoms with Crippen molar-refractivity contribution in [1.29, 1.82) is 0 Å². The van der Waals surface area contributed by atoms with Gasteiger partial charge in [0.1, 0.15) is 0 Å². The van der Waals surface area contributed by atoms with Crippen LogP contribution >= 0.6 is 0 Å². The highest BCUT2D eigenvalue weighted by Crippen LogP contribution is 2.42. The molecular weight excluding hydrogens is 240 g/mol. The van der Waals surface area contributed by atoms with E-state index < -0.39 is 0 Å². The van der Waals surface area contributed by atoms with Crippen molar-refractivity contribution in [2.45, 2.75) is 58.3 Å². The summed E-state index contributed by atoms with van der Waals surface area (Å²) in [7, 11) is 1.69. The lowest BCUT2D eigenvalue weighted by Crippen LogP contribution is -2.32. The highest BCUT2D eigenvalue weighted by molar-refractivity contribution is 4.85. The molecule has 3 nitrogen and oxygen atoms in total. The summed E-state index contributed by atoms with van der Waals surface area (Å²) in [6, 6.07) is 0. The Kier molecular flexibility index (Phi) is 8.67. The van der Waals surface area contributed by atoms with Gasteiger partial charge in [0, 0.05) is 20.3 Å². The number of ether oxygens (including phenoxy) is 2. The molecule has 1 rings (SSSR count). The standard InChI is InChI=1S/C16H32O3/c1-3-4-5-15-6-8-16(14-17,9-7-15)10-11-19-13-12-18-2/h15,17H,3-14H2,1-2H3. The topological polar surface area (TPSA) is 38.7 Å². The van der Waals surface area contributed by atoms with Crippen LogP contribution in [0.5, 0.6) is 0 Å². The minimum Gasteiger partial charge on any atom is -0.396 e. The van der Waals surface area contributed by atoms with Crippen LogP contribution in [0.1, 0.15) is 58.3 Å². The van der Waals surface area contributed by atoms with E-state index in [0.29, 0.717) is 19.8 Å². The van der Waals surface area contributed by atoms with Crippen LogP contribution in [0.25, 0.3) is 0 Å². The maximum absolute atomic E-state index is 9.73. The molecule has 114 valence electrons. The first kappa shape index (κ1) is 16.9. The summed E-state index contributed by atoms with van der Waals surface area (Å²) in [6.07, 6.45) is 9.95. The van der Waals surface area contributed by atoms with Crippen molar-refractivity contribution in [2.75, 3.05) is 33.5 Å². The zero-order chi connectivity index (χ0) is 14.0. The maximum atomic E-state index is 9.73. The maximum Gasteiger partial charge on any atom is 0.0700 e. The van der Waals surface area contributed by atoms with Crippen LogP contribution in [0.2, 0.25) is 0 Å². The number of rotatable bonds is 10. The molecule has 0 aliphatic heterocycles. The lowest BCUT2D eigenvalue weighted by molar-refractivity contribution is 0.00850. The fraction of sp³-hybridized carbons (Fsp3) is 1.00. The Morgan fingerprint density at radius 3 is 2.47 bits per heavy atom. The SMILES string of the molecule is CCCCC1CCC(CO)(CCOCCOC)CC1. The monoisotopic (exact) mass is 272 g/mol. The van der Waals surface area contributed by atoms with Gasteiger partial charge in [0.2, 0.25) is 0 Å². The van der Waals surface area contributed by atoms with E-state index in [0.717, 1.165) is 18.9 Å². The van der Waals surface area contributed by atoms with E-state index >= 15 is 0 Å². The molecule has 0 unspecified atom stereocenters. The number of hydrogen-bond acceptors (Lipinski definition) is 3. The van der Waals surface area contributed by atoms with Crippen molar-refractivity contribution in [1.82, 2.24) is 0 Å². The first-order chi connectivity index (χ1) is 9.26. The molecule has 0 amide bonds. The molecule has 0 bridgehead atoms. The van der Waals surface area contributed by atoms with Gasteiger partial charge in [-0.2, -0.15) is 0 Å². The highest BCUT2D eigenvalue weighted by atomic mass is 16.5. The fourth-order valence-electron chi connectivity index (χ4n) is 3.09. The Morgan fingerprint density at radius 2 is 1.89 bits per heavy atom. The third-order valence-electron chi connectivity index (χ3n) is 4.68. The Hall–Kier alpha value is -0.120. The summed E-state index contributed by atoms with van der Waals surface area (Å²) in [5.74, 6) is 0.897. The highest BCUT2D eigenvalue weighted by Gasteiger charge is 2.34. The van der Waals surface area contributed by atoms with Crippen molar-refractivity contribution in [3.8, 4) is 0 Å². The molecule has 1 saturated carbocycles. The summed E-state index contributed by atoms with van der Waals surface area (Å²) in [5, 5.41) is 9.73. The smallest absolute Gasteiger partial charge is 0.0700 e. The number of aliphatic hydroxyl groups excluding tert-OH is 1. The molecule has 1 N–H and O–H groups in total. The van der Waals surface area contributed by atoms with Gasteiger partial charge in [0.25, 0.3) is 0 Å². The lowest BCUT2D eigenvalue weighted by Gasteiger charge is -2.39. The summed E-state index contributed by atoms with van der Waals surface area (Å²) in [5.41, 5.74) is 0.135. The van der Waals surface area contributed by atoms with E-state index in [4.69, 9.17) is 9.47 Å². The second-order valence-electron chi connectivity index (χ2n) is 6.10. The van der Waals surface area contributed by atoms with E-state index in [2.05, 4.69) is 6.92 Å². The van der Waals surface area contributed by atoms with Gasteiger partial charge in [-0.25, -0.2) is 0 Å². The third kappa shape index (κ3) is 6.24. The minimum atomic E-state index is 0.135. The van der Waals surface area contributed by atoms with Crippen LogP contribution < -0.4 is 0 Å². The molecule has 1 fully saturated rings. The van der Waals surface area contributed by atoms with Crippen molar-refractivity contribution in [2.24, 2.45) is 11.3 Å². The molecule has 0 saturated heterocycles. The first-order valence-corrected chi connectivity index (χ1v) is 7.94. The zero-order valence-electron chi connectivity index (χ0n) is 12.8. The fourth-order valence-corrected chi connectivity index (χ4v) is 3.09. The molecule has 0 heterocycles. The summed E-state index contributed by atoms with van der Waals surface area (Å²) in [4.78, 5) is 0. The average Bonchev–Trinajstić information content (AvgIpc) is 2.46. The van der Waals surface area contributed by atoms with E-state index in [1.807, 2.05) is 0 Å². The molecular formula is C16H32O3. The molecule has 0 aromatic heterocycles. The molecule has 0 atom stereocenters. The van der Waals surface area contributed by atoms with E-state index in [1.54, 1.807) is 7.11 Å².